The molecular weight excluding hydrogens is 344 g/mol. The lowest BCUT2D eigenvalue weighted by atomic mass is 10.1. The third-order valence-electron chi connectivity index (χ3n) is 4.90. The Bertz CT molecular complexity index is 740. The van der Waals surface area contributed by atoms with E-state index in [2.05, 4.69) is 27.3 Å². The highest BCUT2D eigenvalue weighted by Crippen LogP contribution is 2.28. The molecule has 0 bridgehead atoms. The summed E-state index contributed by atoms with van der Waals surface area (Å²) < 4.78 is 11.0. The van der Waals surface area contributed by atoms with Crippen LogP contribution < -0.4 is 10.1 Å². The van der Waals surface area contributed by atoms with Crippen LogP contribution in [0.25, 0.3) is 11.5 Å². The van der Waals surface area contributed by atoms with Gasteiger partial charge in [-0.15, -0.1) is 10.2 Å². The number of amides is 1. The number of rotatable bonds is 8. The zero-order valence-electron chi connectivity index (χ0n) is 16.1. The fraction of sp³-hybridized carbons (Fsp3) is 0.550. The summed E-state index contributed by atoms with van der Waals surface area (Å²) in [5, 5.41) is 11.2. The highest BCUT2D eigenvalue weighted by Gasteiger charge is 2.19. The fourth-order valence-corrected chi connectivity index (χ4v) is 3.40. The molecule has 7 heteroatoms. The number of nitrogens with one attached hydrogen (secondary N) is 1. The number of hydrogen-bond acceptors (Lipinski definition) is 6. The number of hydrogen-bond donors (Lipinski definition) is 1. The van der Waals surface area contributed by atoms with Crippen molar-refractivity contribution in [3.8, 4) is 17.2 Å². The van der Waals surface area contributed by atoms with E-state index in [4.69, 9.17) is 9.15 Å². The van der Waals surface area contributed by atoms with Gasteiger partial charge in [0.15, 0.2) is 0 Å². The van der Waals surface area contributed by atoms with Crippen molar-refractivity contribution in [3.05, 3.63) is 30.2 Å². The minimum absolute atomic E-state index is 0.0820. The largest absolute Gasteiger partial charge is 0.496 e. The van der Waals surface area contributed by atoms with Gasteiger partial charge in [-0.25, -0.2) is 0 Å². The van der Waals surface area contributed by atoms with E-state index in [0.717, 1.165) is 31.6 Å². The number of methoxy groups -OCH3 is 1. The number of carbonyl (C=O) groups excluding carboxylic acids is 1. The summed E-state index contributed by atoms with van der Waals surface area (Å²) in [4.78, 5) is 14.8. The van der Waals surface area contributed by atoms with Crippen LogP contribution in [0.1, 0.15) is 38.5 Å². The van der Waals surface area contributed by atoms with Crippen LogP contribution in [0.4, 0.5) is 0 Å². The molecule has 1 amide bonds. The monoisotopic (exact) mass is 372 g/mol. The lowest BCUT2D eigenvalue weighted by Gasteiger charge is -2.30. The smallest absolute Gasteiger partial charge is 0.251 e. The van der Waals surface area contributed by atoms with Crippen LogP contribution in [0.5, 0.6) is 5.75 Å². The van der Waals surface area contributed by atoms with Crippen LogP contribution in [-0.2, 0) is 11.2 Å². The molecule has 0 saturated carbocycles. The van der Waals surface area contributed by atoms with E-state index in [1.165, 1.54) is 19.3 Å². The van der Waals surface area contributed by atoms with E-state index in [0.29, 0.717) is 17.5 Å². The van der Waals surface area contributed by atoms with E-state index >= 15 is 0 Å². The number of carbonyl (C=O) groups is 1. The van der Waals surface area contributed by atoms with Gasteiger partial charge in [-0.3, -0.25) is 4.79 Å². The summed E-state index contributed by atoms with van der Waals surface area (Å²) in [6.07, 6.45) is 4.79. The van der Waals surface area contributed by atoms with Crippen LogP contribution in [0.15, 0.2) is 28.7 Å². The first-order chi connectivity index (χ1) is 13.2. The second-order valence-corrected chi connectivity index (χ2v) is 6.91. The Morgan fingerprint density at radius 3 is 2.78 bits per heavy atom. The van der Waals surface area contributed by atoms with Crippen molar-refractivity contribution in [1.82, 2.24) is 20.4 Å². The molecule has 1 aromatic heterocycles. The first-order valence-electron chi connectivity index (χ1n) is 9.67. The number of para-hydroxylation sites is 1. The predicted octanol–water partition coefficient (Wildman–Crippen LogP) is 2.67. The van der Waals surface area contributed by atoms with Gasteiger partial charge in [0.05, 0.1) is 12.7 Å². The van der Waals surface area contributed by atoms with E-state index in [1.54, 1.807) is 7.11 Å². The Kier molecular flexibility index (Phi) is 6.81. The van der Waals surface area contributed by atoms with Gasteiger partial charge in [0, 0.05) is 12.6 Å². The number of piperidine rings is 1. The Hall–Kier alpha value is -2.41. The molecule has 27 heavy (non-hydrogen) atoms. The zero-order valence-corrected chi connectivity index (χ0v) is 16.1. The van der Waals surface area contributed by atoms with Crippen LogP contribution in [0.3, 0.4) is 0 Å². The maximum absolute atomic E-state index is 12.4. The third-order valence-corrected chi connectivity index (χ3v) is 4.90. The SMILES string of the molecule is CCC(CN1CCCCC1)NC(=O)Cc1nnc(-c2ccccc2OC)o1. The molecule has 1 aliphatic heterocycles. The fourth-order valence-electron chi connectivity index (χ4n) is 3.40. The van der Waals surface area contributed by atoms with Crippen molar-refractivity contribution >= 4 is 5.91 Å². The first-order valence-corrected chi connectivity index (χ1v) is 9.67. The molecule has 1 fully saturated rings. The second-order valence-electron chi connectivity index (χ2n) is 6.91. The van der Waals surface area contributed by atoms with Crippen LogP contribution in [-0.4, -0.2) is 53.8 Å². The number of ether oxygens (including phenoxy) is 1. The molecule has 0 aliphatic carbocycles. The summed E-state index contributed by atoms with van der Waals surface area (Å²) in [6.45, 7) is 5.25. The molecular formula is C20H28N4O3. The lowest BCUT2D eigenvalue weighted by molar-refractivity contribution is -0.121. The summed E-state index contributed by atoms with van der Waals surface area (Å²) in [6, 6.07) is 7.58. The van der Waals surface area contributed by atoms with Crippen molar-refractivity contribution in [1.29, 1.82) is 0 Å². The van der Waals surface area contributed by atoms with Gasteiger partial charge >= 0.3 is 0 Å². The van der Waals surface area contributed by atoms with Gasteiger partial charge in [-0.05, 0) is 44.5 Å². The average Bonchev–Trinajstić information content (AvgIpc) is 3.16. The number of nitrogens with zero attached hydrogens (tertiary/aromatic N) is 3. The molecule has 1 aromatic carbocycles. The van der Waals surface area contributed by atoms with Gasteiger partial charge in [-0.1, -0.05) is 25.5 Å². The molecule has 1 atom stereocenters. The van der Waals surface area contributed by atoms with Crippen molar-refractivity contribution in [2.75, 3.05) is 26.7 Å². The molecule has 0 radical (unpaired) electrons. The minimum Gasteiger partial charge on any atom is -0.496 e. The zero-order chi connectivity index (χ0) is 19.1. The molecule has 1 unspecified atom stereocenters. The van der Waals surface area contributed by atoms with Crippen molar-refractivity contribution < 1.29 is 13.9 Å². The van der Waals surface area contributed by atoms with E-state index in [1.807, 2.05) is 24.3 Å². The molecule has 146 valence electrons. The standard InChI is InChI=1S/C20H28N4O3/c1-3-15(14-24-11-7-4-8-12-24)21-18(25)13-19-22-23-20(27-19)16-9-5-6-10-17(16)26-2/h5-6,9-10,15H,3-4,7-8,11-14H2,1-2H3,(H,21,25). The maximum atomic E-state index is 12.4. The predicted molar refractivity (Wildman–Crippen MR) is 103 cm³/mol. The number of benzene rings is 1. The second kappa shape index (κ2) is 9.50. The Labute approximate surface area is 160 Å². The topological polar surface area (TPSA) is 80.5 Å². The quantitative estimate of drug-likeness (QED) is 0.767. The minimum atomic E-state index is -0.0888. The molecule has 1 N–H and O–H groups in total. The van der Waals surface area contributed by atoms with Crippen LogP contribution in [0, 0.1) is 0 Å². The van der Waals surface area contributed by atoms with Crippen molar-refractivity contribution in [2.24, 2.45) is 0 Å². The van der Waals surface area contributed by atoms with Gasteiger partial charge < -0.3 is 19.4 Å². The lowest BCUT2D eigenvalue weighted by Crippen LogP contribution is -2.45. The van der Waals surface area contributed by atoms with Crippen molar-refractivity contribution in [3.63, 3.8) is 0 Å². The third kappa shape index (κ3) is 5.29. The molecule has 2 aromatic rings. The number of aromatic nitrogens is 2. The van der Waals surface area contributed by atoms with Gasteiger partial charge in [0.25, 0.3) is 5.89 Å². The summed E-state index contributed by atoms with van der Waals surface area (Å²) in [5.74, 6) is 1.23. The molecule has 0 spiro atoms. The first kappa shape index (κ1) is 19.4. The molecule has 2 heterocycles. The summed E-state index contributed by atoms with van der Waals surface area (Å²) >= 11 is 0. The Morgan fingerprint density at radius 2 is 2.04 bits per heavy atom. The average molecular weight is 372 g/mol. The highest BCUT2D eigenvalue weighted by molar-refractivity contribution is 5.78. The normalized spacial score (nSPS) is 16.1. The summed E-state index contributed by atoms with van der Waals surface area (Å²) in [7, 11) is 1.59. The van der Waals surface area contributed by atoms with Crippen LogP contribution >= 0.6 is 0 Å². The van der Waals surface area contributed by atoms with Crippen molar-refractivity contribution in [2.45, 2.75) is 45.1 Å². The van der Waals surface area contributed by atoms with E-state index < -0.39 is 0 Å². The molecule has 3 rings (SSSR count). The highest BCUT2D eigenvalue weighted by atomic mass is 16.5. The molecule has 1 aliphatic rings. The number of likely N-dealkylation sites (tertiary alicyclic amines) is 1. The van der Waals surface area contributed by atoms with Gasteiger partial charge in [0.2, 0.25) is 11.8 Å². The Balaban J connectivity index is 1.56. The Morgan fingerprint density at radius 1 is 1.26 bits per heavy atom. The molecule has 7 nitrogen and oxygen atoms in total. The van der Waals surface area contributed by atoms with E-state index in [-0.39, 0.29) is 18.4 Å². The van der Waals surface area contributed by atoms with Gasteiger partial charge in [-0.2, -0.15) is 0 Å². The summed E-state index contributed by atoms with van der Waals surface area (Å²) in [5.41, 5.74) is 0.718. The molecule has 1 saturated heterocycles. The van der Waals surface area contributed by atoms with E-state index in [9.17, 15) is 4.79 Å². The maximum Gasteiger partial charge on any atom is 0.251 e. The van der Waals surface area contributed by atoms with Crippen LogP contribution in [0.2, 0.25) is 0 Å². The van der Waals surface area contributed by atoms with Gasteiger partial charge in [0.1, 0.15) is 12.2 Å².